The second kappa shape index (κ2) is 5.58. The van der Waals surface area contributed by atoms with E-state index in [0.29, 0.717) is 0 Å². The highest BCUT2D eigenvalue weighted by atomic mass is 32.1. The van der Waals surface area contributed by atoms with Crippen LogP contribution in [0, 0.1) is 0 Å². The Morgan fingerprint density at radius 1 is 1.50 bits per heavy atom. The Morgan fingerprint density at radius 2 is 2.40 bits per heavy atom. The first-order chi connectivity index (χ1) is 9.79. The van der Waals surface area contributed by atoms with Crippen molar-refractivity contribution in [3.05, 3.63) is 40.5 Å². The summed E-state index contributed by atoms with van der Waals surface area (Å²) in [6, 6.07) is 3.81. The Labute approximate surface area is 121 Å². The van der Waals surface area contributed by atoms with E-state index in [1.807, 2.05) is 29.5 Å². The SMILES string of the molecule is CNc1cncc([C@H]2CCCN2C(=O)c2cccs2)n1. The molecule has 6 heteroatoms. The molecule has 1 atom stereocenters. The van der Waals surface area contributed by atoms with Gasteiger partial charge < -0.3 is 10.2 Å². The number of carbonyl (C=O) groups is 1. The van der Waals surface area contributed by atoms with E-state index >= 15 is 0 Å². The van der Waals surface area contributed by atoms with Crippen LogP contribution in [-0.4, -0.2) is 34.4 Å². The number of nitrogens with zero attached hydrogens (tertiary/aromatic N) is 3. The van der Waals surface area contributed by atoms with Crippen molar-refractivity contribution >= 4 is 23.1 Å². The molecule has 2 aromatic rings. The van der Waals surface area contributed by atoms with Crippen LogP contribution in [0.3, 0.4) is 0 Å². The van der Waals surface area contributed by atoms with Gasteiger partial charge in [-0.25, -0.2) is 4.98 Å². The number of hydrogen-bond acceptors (Lipinski definition) is 5. The van der Waals surface area contributed by atoms with Crippen molar-refractivity contribution in [1.82, 2.24) is 14.9 Å². The lowest BCUT2D eigenvalue weighted by Gasteiger charge is -2.23. The standard InChI is InChI=1S/C14H16N4OS/c1-15-13-9-16-8-10(17-13)11-4-2-6-18(11)14(19)12-5-3-7-20-12/h3,5,7-9,11H,2,4,6H2,1H3,(H,15,17)/t11-/m1/s1. The molecule has 5 nitrogen and oxygen atoms in total. The summed E-state index contributed by atoms with van der Waals surface area (Å²) in [7, 11) is 1.82. The summed E-state index contributed by atoms with van der Waals surface area (Å²) in [4.78, 5) is 23.9. The third-order valence-corrected chi connectivity index (χ3v) is 4.35. The first-order valence-corrected chi connectivity index (χ1v) is 7.51. The topological polar surface area (TPSA) is 58.1 Å². The van der Waals surface area contributed by atoms with Gasteiger partial charge in [0.05, 0.1) is 29.0 Å². The molecule has 0 aromatic carbocycles. The van der Waals surface area contributed by atoms with Gasteiger partial charge in [-0.05, 0) is 24.3 Å². The number of amides is 1. The van der Waals surface area contributed by atoms with E-state index in [4.69, 9.17) is 0 Å². The van der Waals surface area contributed by atoms with Gasteiger partial charge in [0.15, 0.2) is 0 Å². The van der Waals surface area contributed by atoms with Crippen LogP contribution in [0.4, 0.5) is 5.82 Å². The molecule has 0 spiro atoms. The minimum Gasteiger partial charge on any atom is -0.372 e. The van der Waals surface area contributed by atoms with Crippen LogP contribution in [0.5, 0.6) is 0 Å². The Bertz CT molecular complexity index is 599. The van der Waals surface area contributed by atoms with Crippen molar-refractivity contribution in [3.8, 4) is 0 Å². The summed E-state index contributed by atoms with van der Waals surface area (Å²) < 4.78 is 0. The van der Waals surface area contributed by atoms with Gasteiger partial charge in [0.1, 0.15) is 5.82 Å². The van der Waals surface area contributed by atoms with Crippen LogP contribution in [0.25, 0.3) is 0 Å². The van der Waals surface area contributed by atoms with E-state index in [0.717, 1.165) is 35.8 Å². The average molecular weight is 288 g/mol. The minimum atomic E-state index is 0.0328. The summed E-state index contributed by atoms with van der Waals surface area (Å²) in [6.45, 7) is 0.785. The summed E-state index contributed by atoms with van der Waals surface area (Å²) in [5.41, 5.74) is 0.860. The van der Waals surface area contributed by atoms with Crippen molar-refractivity contribution in [2.45, 2.75) is 18.9 Å². The zero-order valence-electron chi connectivity index (χ0n) is 11.2. The molecule has 0 radical (unpaired) electrons. The molecule has 1 N–H and O–H groups in total. The molecule has 104 valence electrons. The molecule has 0 aliphatic carbocycles. The van der Waals surface area contributed by atoms with Crippen LogP contribution in [0.2, 0.25) is 0 Å². The summed E-state index contributed by atoms with van der Waals surface area (Å²) >= 11 is 1.48. The monoisotopic (exact) mass is 288 g/mol. The molecule has 1 saturated heterocycles. The molecular formula is C14H16N4OS. The average Bonchev–Trinajstić information content (AvgIpc) is 3.17. The van der Waals surface area contributed by atoms with Crippen molar-refractivity contribution < 1.29 is 4.79 Å². The van der Waals surface area contributed by atoms with Gasteiger partial charge in [0, 0.05) is 13.6 Å². The number of nitrogens with one attached hydrogen (secondary N) is 1. The summed E-state index contributed by atoms with van der Waals surface area (Å²) in [6.07, 6.45) is 5.39. The van der Waals surface area contributed by atoms with Gasteiger partial charge in [-0.15, -0.1) is 11.3 Å². The molecule has 1 amide bonds. The molecule has 1 fully saturated rings. The number of anilines is 1. The number of aromatic nitrogens is 2. The molecule has 3 rings (SSSR count). The third kappa shape index (κ3) is 2.38. The van der Waals surface area contributed by atoms with Crippen molar-refractivity contribution in [2.75, 3.05) is 18.9 Å². The summed E-state index contributed by atoms with van der Waals surface area (Å²) in [5.74, 6) is 0.831. The van der Waals surface area contributed by atoms with Crippen molar-refractivity contribution in [1.29, 1.82) is 0 Å². The molecule has 3 heterocycles. The van der Waals surface area contributed by atoms with Crippen molar-refractivity contribution in [3.63, 3.8) is 0 Å². The summed E-state index contributed by atoms with van der Waals surface area (Å²) in [5, 5.41) is 4.92. The maximum Gasteiger partial charge on any atom is 0.264 e. The molecular weight excluding hydrogens is 272 g/mol. The fraction of sp³-hybridized carbons (Fsp3) is 0.357. The van der Waals surface area contributed by atoms with Gasteiger partial charge in [-0.2, -0.15) is 0 Å². The van der Waals surface area contributed by atoms with Crippen LogP contribution >= 0.6 is 11.3 Å². The number of carbonyl (C=O) groups excluding carboxylic acids is 1. The van der Waals surface area contributed by atoms with E-state index in [1.54, 1.807) is 12.4 Å². The Kier molecular flexibility index (Phi) is 3.64. The Morgan fingerprint density at radius 3 is 3.15 bits per heavy atom. The molecule has 2 aromatic heterocycles. The van der Waals surface area contributed by atoms with Crippen LogP contribution in [-0.2, 0) is 0 Å². The van der Waals surface area contributed by atoms with Crippen molar-refractivity contribution in [2.24, 2.45) is 0 Å². The predicted octanol–water partition coefficient (Wildman–Crippen LogP) is 2.56. The first kappa shape index (κ1) is 13.1. The van der Waals surface area contributed by atoms with E-state index in [9.17, 15) is 4.79 Å². The Hall–Kier alpha value is -1.95. The van der Waals surface area contributed by atoms with Crippen LogP contribution in [0.15, 0.2) is 29.9 Å². The smallest absolute Gasteiger partial charge is 0.264 e. The molecule has 20 heavy (non-hydrogen) atoms. The maximum atomic E-state index is 12.5. The number of hydrogen-bond donors (Lipinski definition) is 1. The van der Waals surface area contributed by atoms with Gasteiger partial charge in [-0.1, -0.05) is 6.07 Å². The lowest BCUT2D eigenvalue weighted by Crippen LogP contribution is -2.30. The van der Waals surface area contributed by atoms with Crippen LogP contribution in [0.1, 0.15) is 34.2 Å². The first-order valence-electron chi connectivity index (χ1n) is 6.64. The van der Waals surface area contributed by atoms with E-state index < -0.39 is 0 Å². The lowest BCUT2D eigenvalue weighted by atomic mass is 10.1. The van der Waals surface area contributed by atoms with Gasteiger partial charge in [-0.3, -0.25) is 9.78 Å². The highest BCUT2D eigenvalue weighted by Gasteiger charge is 2.32. The number of likely N-dealkylation sites (tertiary alicyclic amines) is 1. The number of thiophene rings is 1. The van der Waals surface area contributed by atoms with Gasteiger partial charge in [0.25, 0.3) is 5.91 Å². The van der Waals surface area contributed by atoms with Gasteiger partial charge >= 0.3 is 0 Å². The van der Waals surface area contributed by atoms with Crippen LogP contribution < -0.4 is 5.32 Å². The van der Waals surface area contributed by atoms with E-state index in [1.165, 1.54) is 11.3 Å². The fourth-order valence-corrected chi connectivity index (χ4v) is 3.20. The third-order valence-electron chi connectivity index (χ3n) is 3.50. The minimum absolute atomic E-state index is 0.0328. The fourth-order valence-electron chi connectivity index (χ4n) is 2.52. The zero-order chi connectivity index (χ0) is 13.9. The number of rotatable bonds is 3. The second-order valence-electron chi connectivity index (χ2n) is 4.71. The Balaban J connectivity index is 1.86. The molecule has 1 aliphatic rings. The molecule has 0 unspecified atom stereocenters. The molecule has 0 saturated carbocycles. The zero-order valence-corrected chi connectivity index (χ0v) is 12.1. The second-order valence-corrected chi connectivity index (χ2v) is 5.66. The predicted molar refractivity (Wildman–Crippen MR) is 78.9 cm³/mol. The lowest BCUT2D eigenvalue weighted by molar-refractivity contribution is 0.0737. The normalized spacial score (nSPS) is 18.2. The maximum absolute atomic E-state index is 12.5. The molecule has 1 aliphatic heterocycles. The largest absolute Gasteiger partial charge is 0.372 e. The van der Waals surface area contributed by atoms with E-state index in [2.05, 4.69) is 15.3 Å². The highest BCUT2D eigenvalue weighted by molar-refractivity contribution is 7.12. The quantitative estimate of drug-likeness (QED) is 0.943. The van der Waals surface area contributed by atoms with E-state index in [-0.39, 0.29) is 11.9 Å². The highest BCUT2D eigenvalue weighted by Crippen LogP contribution is 2.32. The molecule has 0 bridgehead atoms. The van der Waals surface area contributed by atoms with Gasteiger partial charge in [0.2, 0.25) is 0 Å².